The van der Waals surface area contributed by atoms with Gasteiger partial charge in [0, 0.05) is 0 Å². The predicted octanol–water partition coefficient (Wildman–Crippen LogP) is 4.87. The van der Waals surface area contributed by atoms with Gasteiger partial charge in [0.15, 0.2) is 6.61 Å². The third kappa shape index (κ3) is 7.28. The minimum absolute atomic E-state index is 0.0414. The Balaban J connectivity index is 1.49. The second-order valence-corrected chi connectivity index (χ2v) is 8.33. The SMILES string of the molecule is CC(C)(C)c1ccc(OCC(=O)NN=Cc2cccc(OC(=O)c3cccc(F)c3)c2)cc1. The van der Waals surface area contributed by atoms with E-state index in [-0.39, 0.29) is 23.3 Å². The van der Waals surface area contributed by atoms with Crippen LogP contribution in [0.4, 0.5) is 4.39 Å². The molecule has 1 N–H and O–H groups in total. The van der Waals surface area contributed by atoms with E-state index in [0.29, 0.717) is 11.3 Å². The minimum Gasteiger partial charge on any atom is -0.484 e. The minimum atomic E-state index is -0.676. The van der Waals surface area contributed by atoms with Crippen LogP contribution in [0, 0.1) is 5.82 Å². The molecule has 7 heteroatoms. The normalized spacial score (nSPS) is 11.3. The molecule has 170 valence electrons. The van der Waals surface area contributed by atoms with Crippen LogP contribution in [0.1, 0.15) is 42.3 Å². The molecule has 3 aromatic rings. The number of nitrogens with zero attached hydrogens (tertiary/aromatic N) is 1. The van der Waals surface area contributed by atoms with Crippen LogP contribution >= 0.6 is 0 Å². The highest BCUT2D eigenvalue weighted by atomic mass is 19.1. The molecule has 0 bridgehead atoms. The number of amides is 1. The second-order valence-electron chi connectivity index (χ2n) is 8.33. The van der Waals surface area contributed by atoms with Crippen molar-refractivity contribution in [3.8, 4) is 11.5 Å². The molecule has 0 aliphatic carbocycles. The molecule has 3 rings (SSSR count). The smallest absolute Gasteiger partial charge is 0.343 e. The maximum Gasteiger partial charge on any atom is 0.343 e. The lowest BCUT2D eigenvalue weighted by Gasteiger charge is -2.19. The van der Waals surface area contributed by atoms with Gasteiger partial charge in [-0.2, -0.15) is 5.10 Å². The number of rotatable bonds is 7. The summed E-state index contributed by atoms with van der Waals surface area (Å²) in [6, 6.07) is 19.4. The average Bonchev–Trinajstić information content (AvgIpc) is 2.78. The highest BCUT2D eigenvalue weighted by Gasteiger charge is 2.13. The zero-order chi connectivity index (χ0) is 23.8. The number of hydrazone groups is 1. The van der Waals surface area contributed by atoms with Gasteiger partial charge in [0.2, 0.25) is 0 Å². The first-order valence-corrected chi connectivity index (χ1v) is 10.3. The maximum absolute atomic E-state index is 13.3. The number of nitrogens with one attached hydrogen (secondary N) is 1. The molecular weight excluding hydrogens is 423 g/mol. The summed E-state index contributed by atoms with van der Waals surface area (Å²) in [5, 5.41) is 3.90. The number of hydrogen-bond acceptors (Lipinski definition) is 5. The van der Waals surface area contributed by atoms with Gasteiger partial charge in [0.05, 0.1) is 11.8 Å². The molecule has 0 atom stereocenters. The van der Waals surface area contributed by atoms with Gasteiger partial charge in [-0.3, -0.25) is 4.79 Å². The van der Waals surface area contributed by atoms with E-state index in [0.717, 1.165) is 6.07 Å². The van der Waals surface area contributed by atoms with Gasteiger partial charge in [-0.15, -0.1) is 0 Å². The third-order valence-electron chi connectivity index (χ3n) is 4.62. The van der Waals surface area contributed by atoms with Crippen LogP contribution in [-0.4, -0.2) is 24.7 Å². The largest absolute Gasteiger partial charge is 0.484 e. The van der Waals surface area contributed by atoms with Crippen molar-refractivity contribution in [3.05, 3.63) is 95.3 Å². The Labute approximate surface area is 192 Å². The summed E-state index contributed by atoms with van der Waals surface area (Å²) in [6.45, 7) is 6.19. The molecule has 0 heterocycles. The number of carbonyl (C=O) groups is 2. The van der Waals surface area contributed by atoms with Gasteiger partial charge in [-0.25, -0.2) is 14.6 Å². The van der Waals surface area contributed by atoms with E-state index in [1.807, 2.05) is 24.3 Å². The first-order chi connectivity index (χ1) is 15.7. The Morgan fingerprint density at radius 1 is 0.970 bits per heavy atom. The lowest BCUT2D eigenvalue weighted by Crippen LogP contribution is -2.24. The van der Waals surface area contributed by atoms with Crippen LogP contribution in [0.2, 0.25) is 0 Å². The van der Waals surface area contributed by atoms with Crippen LogP contribution in [0.25, 0.3) is 0 Å². The van der Waals surface area contributed by atoms with E-state index < -0.39 is 17.7 Å². The summed E-state index contributed by atoms with van der Waals surface area (Å²) in [6.07, 6.45) is 1.41. The first kappa shape index (κ1) is 23.7. The van der Waals surface area contributed by atoms with Gasteiger partial charge in [-0.1, -0.05) is 51.1 Å². The van der Waals surface area contributed by atoms with Gasteiger partial charge < -0.3 is 9.47 Å². The topological polar surface area (TPSA) is 77.0 Å². The van der Waals surface area contributed by atoms with Crippen molar-refractivity contribution in [2.75, 3.05) is 6.61 Å². The molecule has 0 aliphatic heterocycles. The first-order valence-electron chi connectivity index (χ1n) is 10.3. The Bertz CT molecular complexity index is 1150. The fourth-order valence-corrected chi connectivity index (χ4v) is 2.85. The fraction of sp³-hybridized carbons (Fsp3) is 0.192. The van der Waals surface area contributed by atoms with Crippen LogP contribution in [-0.2, 0) is 10.2 Å². The molecule has 0 unspecified atom stereocenters. The van der Waals surface area contributed by atoms with Crippen molar-refractivity contribution in [3.63, 3.8) is 0 Å². The van der Waals surface area contributed by atoms with E-state index in [1.165, 1.54) is 30.0 Å². The Hall–Kier alpha value is -4.00. The molecule has 0 aliphatic rings. The predicted molar refractivity (Wildman–Crippen MR) is 124 cm³/mol. The van der Waals surface area contributed by atoms with Crippen LogP contribution in [0.5, 0.6) is 11.5 Å². The quantitative estimate of drug-likeness (QED) is 0.242. The summed E-state index contributed by atoms with van der Waals surface area (Å²) in [5.74, 6) is -0.757. The van der Waals surface area contributed by atoms with Gasteiger partial charge in [-0.05, 0) is 59.0 Å². The Morgan fingerprint density at radius 2 is 1.70 bits per heavy atom. The van der Waals surface area contributed by atoms with Crippen LogP contribution in [0.15, 0.2) is 77.9 Å². The molecule has 0 spiro atoms. The molecule has 1 amide bonds. The highest BCUT2D eigenvalue weighted by molar-refractivity contribution is 5.91. The van der Waals surface area contributed by atoms with E-state index in [1.54, 1.807) is 24.3 Å². The molecule has 0 radical (unpaired) electrons. The summed E-state index contributed by atoms with van der Waals surface area (Å²) >= 11 is 0. The van der Waals surface area contributed by atoms with Gasteiger partial charge in [0.1, 0.15) is 17.3 Å². The summed E-state index contributed by atoms with van der Waals surface area (Å²) in [7, 11) is 0. The molecular formula is C26H25FN2O4. The molecule has 3 aromatic carbocycles. The summed E-state index contributed by atoms with van der Waals surface area (Å²) in [4.78, 5) is 24.1. The highest BCUT2D eigenvalue weighted by Crippen LogP contribution is 2.24. The Kier molecular flexibility index (Phi) is 7.56. The molecule has 0 fully saturated rings. The van der Waals surface area contributed by atoms with Crippen LogP contribution in [0.3, 0.4) is 0 Å². The molecule has 6 nitrogen and oxygen atoms in total. The summed E-state index contributed by atoms with van der Waals surface area (Å²) in [5.41, 5.74) is 4.30. The van der Waals surface area contributed by atoms with Gasteiger partial charge in [0.25, 0.3) is 5.91 Å². The fourth-order valence-electron chi connectivity index (χ4n) is 2.85. The summed E-state index contributed by atoms with van der Waals surface area (Å²) < 4.78 is 24.0. The van der Waals surface area contributed by atoms with Crippen molar-refractivity contribution >= 4 is 18.1 Å². The zero-order valence-electron chi connectivity index (χ0n) is 18.7. The lowest BCUT2D eigenvalue weighted by molar-refractivity contribution is -0.123. The van der Waals surface area contributed by atoms with Crippen molar-refractivity contribution < 1.29 is 23.5 Å². The maximum atomic E-state index is 13.3. The second kappa shape index (κ2) is 10.5. The third-order valence-corrected chi connectivity index (χ3v) is 4.62. The Morgan fingerprint density at radius 3 is 2.39 bits per heavy atom. The standard InChI is InChI=1S/C26H25FN2O4/c1-26(2,3)20-10-12-22(13-11-20)32-17-24(30)29-28-16-18-6-4-9-23(14-18)33-25(31)19-7-5-8-21(27)15-19/h4-16H,17H2,1-3H3,(H,29,30). The van der Waals surface area contributed by atoms with Crippen LogP contribution < -0.4 is 14.9 Å². The number of carbonyl (C=O) groups excluding carboxylic acids is 2. The van der Waals surface area contributed by atoms with Crippen molar-refractivity contribution in [1.82, 2.24) is 5.43 Å². The molecule has 0 saturated heterocycles. The van der Waals surface area contributed by atoms with Crippen molar-refractivity contribution in [2.45, 2.75) is 26.2 Å². The van der Waals surface area contributed by atoms with Crippen molar-refractivity contribution in [2.24, 2.45) is 5.10 Å². The number of benzene rings is 3. The van der Waals surface area contributed by atoms with E-state index in [4.69, 9.17) is 9.47 Å². The zero-order valence-corrected chi connectivity index (χ0v) is 18.7. The van der Waals surface area contributed by atoms with Gasteiger partial charge >= 0.3 is 5.97 Å². The van der Waals surface area contributed by atoms with E-state index >= 15 is 0 Å². The number of halogens is 1. The number of hydrogen-bond donors (Lipinski definition) is 1. The molecule has 33 heavy (non-hydrogen) atoms. The van der Waals surface area contributed by atoms with E-state index in [2.05, 4.69) is 31.3 Å². The average molecular weight is 448 g/mol. The molecule has 0 aromatic heterocycles. The monoisotopic (exact) mass is 448 g/mol. The van der Waals surface area contributed by atoms with E-state index in [9.17, 15) is 14.0 Å². The number of esters is 1. The number of ether oxygens (including phenoxy) is 2. The molecule has 0 saturated carbocycles. The van der Waals surface area contributed by atoms with Crippen molar-refractivity contribution in [1.29, 1.82) is 0 Å². The lowest BCUT2D eigenvalue weighted by atomic mass is 9.87.